The van der Waals surface area contributed by atoms with E-state index in [2.05, 4.69) is 147 Å². The molecule has 0 aliphatic carbocycles. The third-order valence-corrected chi connectivity index (χ3v) is 14.6. The van der Waals surface area contributed by atoms with Gasteiger partial charge in [0.15, 0.2) is 0 Å². The van der Waals surface area contributed by atoms with E-state index in [1.54, 1.807) is 17.9 Å². The predicted octanol–water partition coefficient (Wildman–Crippen LogP) is 8.64. The van der Waals surface area contributed by atoms with Crippen LogP contribution in [0.3, 0.4) is 0 Å². The van der Waals surface area contributed by atoms with Crippen molar-refractivity contribution in [3.8, 4) is 39.0 Å². The average molecular weight is 895 g/mol. The number of hydrogen-bond donors (Lipinski definition) is 0. The number of rotatable bonds is 8. The number of nitrogens with zero attached hydrogens (tertiary/aromatic N) is 4. The Bertz CT molecular complexity index is 2360. The van der Waals surface area contributed by atoms with E-state index in [1.165, 1.54) is 21.5 Å². The second-order valence-electron chi connectivity index (χ2n) is 12.5. The molecule has 5 aromatic carbocycles. The van der Waals surface area contributed by atoms with Crippen molar-refractivity contribution in [1.82, 2.24) is 20.4 Å². The monoisotopic (exact) mass is 896 g/mol. The molecule has 0 radical (unpaired) electrons. The molecule has 5 nitrogen and oxygen atoms in total. The van der Waals surface area contributed by atoms with Crippen molar-refractivity contribution in [3.63, 3.8) is 0 Å². The first-order valence-corrected chi connectivity index (χ1v) is 20.7. The second kappa shape index (κ2) is 17.5. The van der Waals surface area contributed by atoms with Crippen molar-refractivity contribution >= 4 is 29.3 Å². The molecule has 0 N–H and O–H groups in total. The minimum absolute atomic E-state index is 0.454. The van der Waals surface area contributed by atoms with E-state index >= 15 is 0 Å². The quantitative estimate of drug-likeness (QED) is 0.113. The normalized spacial score (nSPS) is 14.8. The van der Waals surface area contributed by atoms with Crippen LogP contribution >= 0.6 is 7.26 Å². The third kappa shape index (κ3) is 7.83. The van der Waals surface area contributed by atoms with Gasteiger partial charge < -0.3 is 0 Å². The van der Waals surface area contributed by atoms with Gasteiger partial charge >= 0.3 is 269 Å². The summed E-state index contributed by atoms with van der Waals surface area (Å²) in [4.78, 5) is 0. The van der Waals surface area contributed by atoms with Crippen LogP contribution in [-0.4, -0.2) is 33.6 Å². The van der Waals surface area contributed by atoms with Crippen LogP contribution < -0.4 is 15.9 Å². The molecule has 1 aromatic heterocycles. The Morgan fingerprint density at radius 3 is 1.57 bits per heavy atom. The zero-order valence-electron chi connectivity index (χ0n) is 30.0. The number of ether oxygens (including phenoxy) is 1. The maximum absolute atomic E-state index is 5.94. The van der Waals surface area contributed by atoms with Gasteiger partial charge in [-0.05, 0) is 12.5 Å². The van der Waals surface area contributed by atoms with E-state index in [0.717, 1.165) is 38.7 Å². The summed E-state index contributed by atoms with van der Waals surface area (Å²) in [6, 6.07) is 48.4. The van der Waals surface area contributed by atoms with Gasteiger partial charge in [-0.1, -0.05) is 36.4 Å². The number of hydrogen-bond acceptors (Lipinski definition) is 5. The zero-order valence-corrected chi connectivity index (χ0v) is 33.4. The van der Waals surface area contributed by atoms with Crippen LogP contribution in [0.1, 0.15) is 25.0 Å². The summed E-state index contributed by atoms with van der Waals surface area (Å²) < 4.78 is 9.69. The third-order valence-electron chi connectivity index (χ3n) is 9.19. The summed E-state index contributed by atoms with van der Waals surface area (Å²) in [5, 5.41) is 22.4. The van der Waals surface area contributed by atoms with Crippen molar-refractivity contribution < 1.29 is 22.7 Å². The van der Waals surface area contributed by atoms with Crippen molar-refractivity contribution in [2.45, 2.75) is 13.8 Å². The summed E-state index contributed by atoms with van der Waals surface area (Å²) in [7, 11) is -2.47. The molecule has 7 heteroatoms. The molecule has 0 saturated carbocycles. The summed E-state index contributed by atoms with van der Waals surface area (Å²) in [5.74, 6) is 8.09. The predicted molar refractivity (Wildman–Crippen MR) is 219 cm³/mol. The van der Waals surface area contributed by atoms with Gasteiger partial charge in [0.25, 0.3) is 0 Å². The van der Waals surface area contributed by atoms with Crippen LogP contribution in [0.15, 0.2) is 180 Å². The molecule has 263 valence electrons. The Morgan fingerprint density at radius 2 is 1.11 bits per heavy atom. The first-order valence-electron chi connectivity index (χ1n) is 17.7. The van der Waals surface area contributed by atoms with Gasteiger partial charge in [0.1, 0.15) is 0 Å². The van der Waals surface area contributed by atoms with Crippen LogP contribution in [0.5, 0.6) is 0 Å². The van der Waals surface area contributed by atoms with E-state index in [1.807, 2.05) is 67.6 Å². The fraction of sp³-hybridized carbons (Fsp3) is 0.0851. The summed E-state index contributed by atoms with van der Waals surface area (Å²) in [6.07, 6.45) is 8.42. The van der Waals surface area contributed by atoms with Crippen LogP contribution in [0.25, 0.3) is 28.9 Å². The zero-order chi connectivity index (χ0) is 37.2. The maximum atomic E-state index is 5.94. The van der Waals surface area contributed by atoms with Crippen molar-refractivity contribution in [2.75, 3.05) is 13.2 Å². The van der Waals surface area contributed by atoms with Gasteiger partial charge in [0, 0.05) is 5.56 Å². The molecule has 0 unspecified atom stereocenters. The molecule has 2 heterocycles. The van der Waals surface area contributed by atoms with Gasteiger partial charge in [-0.3, -0.25) is 0 Å². The molecule has 0 bridgehead atoms. The summed E-state index contributed by atoms with van der Waals surface area (Å²) >= 11 is 1.76. The van der Waals surface area contributed by atoms with Gasteiger partial charge in [-0.25, -0.2) is 0 Å². The number of aromatic nitrogens is 4. The summed E-state index contributed by atoms with van der Waals surface area (Å²) in [5.41, 5.74) is 6.89. The number of benzene rings is 5. The Hall–Kier alpha value is -5.63. The van der Waals surface area contributed by atoms with Crippen molar-refractivity contribution in [1.29, 1.82) is 0 Å². The van der Waals surface area contributed by atoms with E-state index < -0.39 is 7.26 Å². The van der Waals surface area contributed by atoms with Crippen molar-refractivity contribution in [3.05, 3.63) is 191 Å². The molecule has 54 heavy (non-hydrogen) atoms. The van der Waals surface area contributed by atoms with Crippen LogP contribution in [0, 0.1) is 16.2 Å². The molecular formula is C47H37N4OOsP+. The van der Waals surface area contributed by atoms with Gasteiger partial charge in [-0.15, -0.1) is 0 Å². The fourth-order valence-electron chi connectivity index (χ4n) is 6.51. The van der Waals surface area contributed by atoms with E-state index in [4.69, 9.17) is 4.74 Å². The first kappa shape index (κ1) is 36.7. The average Bonchev–Trinajstić information content (AvgIpc) is 3.70. The van der Waals surface area contributed by atoms with Crippen LogP contribution in [0.4, 0.5) is 0 Å². The first-order chi connectivity index (χ1) is 26.6. The summed E-state index contributed by atoms with van der Waals surface area (Å²) in [6.45, 7) is 5.19. The van der Waals surface area contributed by atoms with Gasteiger partial charge in [0.05, 0.1) is 0 Å². The van der Waals surface area contributed by atoms with E-state index in [9.17, 15) is 0 Å². The molecule has 0 spiro atoms. The molecule has 1 aliphatic rings. The molecule has 6 aromatic rings. The molecule has 1 saturated heterocycles. The number of allylic oxidation sites excluding steroid dienone is 5. The molecule has 0 atom stereocenters. The van der Waals surface area contributed by atoms with E-state index in [-0.39, 0.29) is 0 Å². The topological polar surface area (TPSA) is 60.8 Å². The van der Waals surface area contributed by atoms with Crippen LogP contribution in [0.2, 0.25) is 0 Å². The SMILES string of the molecule is CC=C1COCC1=CC(C#Cc1ccc(-c2nnc(-c3ccc(/C=C/C)cc3)nn2)cc1)=C([C]#[Os])[P+](c1ccccc1)(c1ccccc1)c1ccccc1. The van der Waals surface area contributed by atoms with Crippen LogP contribution in [-0.2, 0) is 22.7 Å². The molecule has 7 rings (SSSR count). The van der Waals surface area contributed by atoms with Gasteiger partial charge in [-0.2, -0.15) is 0 Å². The standard InChI is InChI=1S/C47H37N4OP.Os/c1-4-15-36-22-27-39(28-23-36)46-48-50-47(51-49-46)40-29-24-37(25-30-40)26-31-41(32-42-34-52-33-38(42)5-2)35(3)53(43-16-9-6-10-17-43,44-18-11-7-12-19-44)45-20-13-8-14-21-45;/h4-25,27-30,32H,33-34H2,1-2H3;/q+1;/b15-4+,38-5?,41-35?,42-32?;. The van der Waals surface area contributed by atoms with E-state index in [0.29, 0.717) is 24.9 Å². The fourth-order valence-corrected chi connectivity index (χ4v) is 12.3. The Balaban J connectivity index is 1.33. The molecular weight excluding hydrogens is 858 g/mol. The molecule has 1 aliphatic heterocycles. The molecule has 1 fully saturated rings. The Labute approximate surface area is 327 Å². The second-order valence-corrected chi connectivity index (χ2v) is 16.5. The minimum atomic E-state index is -2.47. The Morgan fingerprint density at radius 1 is 0.630 bits per heavy atom. The Kier molecular flexibility index (Phi) is 11.9. The molecule has 0 amide bonds. The van der Waals surface area contributed by atoms with Crippen molar-refractivity contribution in [2.24, 2.45) is 0 Å². The van der Waals surface area contributed by atoms with Gasteiger partial charge in [0.2, 0.25) is 5.82 Å².